The van der Waals surface area contributed by atoms with E-state index >= 15 is 4.39 Å². The van der Waals surface area contributed by atoms with E-state index in [0.29, 0.717) is 11.3 Å². The summed E-state index contributed by atoms with van der Waals surface area (Å²) in [5, 5.41) is 37.3. The Morgan fingerprint density at radius 3 is 2.45 bits per heavy atom. The number of aromatic carboxylic acids is 1. The normalized spacial score (nSPS) is 15.4. The highest BCUT2D eigenvalue weighted by molar-refractivity contribution is 5.98. The molecule has 0 amide bonds. The van der Waals surface area contributed by atoms with Gasteiger partial charge in [0.25, 0.3) is 0 Å². The molecule has 44 heavy (non-hydrogen) atoms. The molecular formula is C29H29FN8O6. The molecule has 4 aromatic rings. The quantitative estimate of drug-likeness (QED) is 0.0638. The lowest BCUT2D eigenvalue weighted by molar-refractivity contribution is 0.0685. The third kappa shape index (κ3) is 5.89. The van der Waals surface area contributed by atoms with Crippen LogP contribution in [0.4, 0.5) is 15.9 Å². The van der Waals surface area contributed by atoms with Crippen LogP contribution in [0.3, 0.4) is 0 Å². The Hall–Kier alpha value is -5.83. The maximum absolute atomic E-state index is 15.6. The average Bonchev–Trinajstić information content (AvgIpc) is 3.63. The van der Waals surface area contributed by atoms with Crippen molar-refractivity contribution in [1.29, 1.82) is 0 Å². The summed E-state index contributed by atoms with van der Waals surface area (Å²) in [5.74, 6) is -1.71. The molecule has 0 fully saturated rings. The van der Waals surface area contributed by atoms with Crippen LogP contribution in [0.1, 0.15) is 33.2 Å². The summed E-state index contributed by atoms with van der Waals surface area (Å²) in [6.45, 7) is 0.218. The summed E-state index contributed by atoms with van der Waals surface area (Å²) >= 11 is 0. The number of hydrogen-bond acceptors (Lipinski definition) is 11. The molecule has 3 aromatic carbocycles. The van der Waals surface area contributed by atoms with E-state index in [1.807, 2.05) is 30.3 Å². The van der Waals surface area contributed by atoms with Gasteiger partial charge in [0.15, 0.2) is 28.8 Å². The molecule has 15 heteroatoms. The number of aliphatic hydroxyl groups is 1. The predicted octanol–water partition coefficient (Wildman–Crippen LogP) is 2.73. The number of aliphatic hydroxyl groups excluding tert-OH is 1. The summed E-state index contributed by atoms with van der Waals surface area (Å²) in [5.41, 5.74) is 10.2. The molecule has 5 rings (SSSR count). The molecule has 2 unspecified atom stereocenters. The molecule has 0 saturated heterocycles. The van der Waals surface area contributed by atoms with E-state index in [2.05, 4.69) is 25.9 Å². The molecule has 1 aromatic heterocycles. The first kappa shape index (κ1) is 29.7. The number of amidine groups is 2. The number of carboxylic acids is 1. The number of aromatic nitrogens is 2. The maximum Gasteiger partial charge on any atom is 0.356 e. The zero-order chi connectivity index (χ0) is 31.4. The smallest absolute Gasteiger partial charge is 0.356 e. The van der Waals surface area contributed by atoms with Crippen LogP contribution in [0.2, 0.25) is 0 Å². The van der Waals surface area contributed by atoms with Crippen LogP contribution in [0.15, 0.2) is 83.2 Å². The largest absolute Gasteiger partial charge is 0.493 e. The van der Waals surface area contributed by atoms with Gasteiger partial charge in [-0.05, 0) is 35.9 Å². The van der Waals surface area contributed by atoms with Gasteiger partial charge in [-0.15, -0.1) is 0 Å². The molecule has 228 valence electrons. The Morgan fingerprint density at radius 1 is 1.14 bits per heavy atom. The summed E-state index contributed by atoms with van der Waals surface area (Å²) < 4.78 is 27.6. The number of carbonyl (C=O) groups is 1. The van der Waals surface area contributed by atoms with Crippen molar-refractivity contribution in [1.82, 2.24) is 15.0 Å². The number of methoxy groups -OCH3 is 2. The van der Waals surface area contributed by atoms with Crippen molar-refractivity contribution in [2.24, 2.45) is 15.9 Å². The number of nitrogens with zero attached hydrogens (tertiary/aromatic N) is 5. The number of ether oxygens (including phenoxy) is 2. The first-order valence-electron chi connectivity index (χ1n) is 13.1. The fourth-order valence-electron chi connectivity index (χ4n) is 4.71. The topological polar surface area (TPSA) is 192 Å². The fraction of sp³-hybridized carbons (Fsp3) is 0.172. The minimum Gasteiger partial charge on any atom is -0.493 e. The van der Waals surface area contributed by atoms with Gasteiger partial charge < -0.3 is 40.5 Å². The molecule has 14 nitrogen and oxygen atoms in total. The van der Waals surface area contributed by atoms with E-state index < -0.39 is 24.2 Å². The van der Waals surface area contributed by atoms with Gasteiger partial charge >= 0.3 is 5.97 Å². The van der Waals surface area contributed by atoms with Crippen molar-refractivity contribution < 1.29 is 34.1 Å². The second-order valence-corrected chi connectivity index (χ2v) is 9.55. The third-order valence-electron chi connectivity index (χ3n) is 6.85. The lowest BCUT2D eigenvalue weighted by Crippen LogP contribution is -2.44. The van der Waals surface area contributed by atoms with Crippen LogP contribution in [0.5, 0.6) is 11.5 Å². The summed E-state index contributed by atoms with van der Waals surface area (Å²) in [6, 6.07) is 17.1. The summed E-state index contributed by atoms with van der Waals surface area (Å²) in [6.07, 6.45) is -0.260. The second kappa shape index (κ2) is 12.6. The van der Waals surface area contributed by atoms with Gasteiger partial charge in [0.05, 0.1) is 20.5 Å². The van der Waals surface area contributed by atoms with Gasteiger partial charge in [-0.2, -0.15) is 0 Å². The molecular weight excluding hydrogens is 575 g/mol. The lowest BCUT2D eigenvalue weighted by atomic mass is 10.0. The number of hydrogen-bond donors (Lipinski definition) is 6. The third-order valence-corrected chi connectivity index (χ3v) is 6.85. The van der Waals surface area contributed by atoms with Crippen LogP contribution >= 0.6 is 0 Å². The van der Waals surface area contributed by atoms with E-state index in [1.54, 1.807) is 24.3 Å². The molecule has 0 bridgehead atoms. The van der Waals surface area contributed by atoms with Crippen molar-refractivity contribution >= 4 is 29.1 Å². The number of hydrazine groups is 1. The molecule has 2 atom stereocenters. The Labute approximate surface area is 250 Å². The van der Waals surface area contributed by atoms with Crippen LogP contribution in [-0.2, 0) is 6.54 Å². The minimum absolute atomic E-state index is 0.0399. The van der Waals surface area contributed by atoms with Gasteiger partial charge in [-0.25, -0.2) is 24.2 Å². The number of anilines is 2. The number of halogens is 1. The van der Waals surface area contributed by atoms with Crippen molar-refractivity contribution in [3.8, 4) is 11.5 Å². The molecule has 2 heterocycles. The molecule has 1 aliphatic rings. The summed E-state index contributed by atoms with van der Waals surface area (Å²) in [7, 11) is 2.79. The van der Waals surface area contributed by atoms with Gasteiger partial charge in [-0.3, -0.25) is 5.43 Å². The predicted molar refractivity (Wildman–Crippen MR) is 159 cm³/mol. The number of benzene rings is 3. The standard InChI is InChI=1S/C29H29FN8O6/c1-43-21-12-19(20(30)13-22(21)44-2)23(33-18-10-8-17(9-11-18)25(31)36-42)26-34-29(41)38(35-26)27-24(28(39)40)37(15-32-27)14-16-6-4-3-5-7-16/h3-13,15,23,29,33,41-42H,14H2,1-2H3,(H2,31,36)(H,34,35)(H,39,40). The number of imidazole rings is 1. The van der Waals surface area contributed by atoms with Crippen molar-refractivity contribution in [2.75, 3.05) is 24.5 Å². The Morgan fingerprint density at radius 2 is 1.82 bits per heavy atom. The molecule has 1 aliphatic heterocycles. The Kier molecular flexibility index (Phi) is 8.48. The maximum atomic E-state index is 15.6. The molecule has 0 spiro atoms. The fourth-order valence-corrected chi connectivity index (χ4v) is 4.71. The van der Waals surface area contributed by atoms with Gasteiger partial charge in [-0.1, -0.05) is 35.5 Å². The van der Waals surface area contributed by atoms with Crippen molar-refractivity contribution in [3.05, 3.63) is 101 Å². The van der Waals surface area contributed by atoms with Crippen molar-refractivity contribution in [2.45, 2.75) is 18.9 Å². The monoisotopic (exact) mass is 604 g/mol. The Balaban J connectivity index is 1.51. The number of carboxylic acid groups (broad SMARTS) is 1. The molecule has 7 N–H and O–H groups in total. The van der Waals surface area contributed by atoms with Crippen LogP contribution < -0.4 is 31.0 Å². The van der Waals surface area contributed by atoms with E-state index in [9.17, 15) is 15.0 Å². The highest BCUT2D eigenvalue weighted by Gasteiger charge is 2.36. The Bertz CT molecular complexity index is 1710. The summed E-state index contributed by atoms with van der Waals surface area (Å²) in [4.78, 5) is 20.9. The second-order valence-electron chi connectivity index (χ2n) is 9.55. The first-order chi connectivity index (χ1) is 21.2. The van der Waals surface area contributed by atoms with Gasteiger partial charge in [0.1, 0.15) is 17.7 Å². The molecule has 0 aliphatic carbocycles. The van der Waals surface area contributed by atoms with Crippen LogP contribution in [0, 0.1) is 5.82 Å². The SMILES string of the molecule is COc1cc(F)c(C(Nc2ccc(/C(N)=N/O)cc2)C2=NC(O)N(c3ncn(Cc4ccccc4)c3C(=O)O)N2)cc1OC. The number of aliphatic imine (C=N–C) groups is 1. The van der Waals surface area contributed by atoms with Crippen LogP contribution in [-0.4, -0.2) is 63.2 Å². The minimum atomic E-state index is -1.61. The number of nitrogens with two attached hydrogens (primary N) is 1. The highest BCUT2D eigenvalue weighted by Crippen LogP contribution is 2.35. The van der Waals surface area contributed by atoms with Gasteiger partial charge in [0, 0.05) is 29.4 Å². The van der Waals surface area contributed by atoms with Gasteiger partial charge in [0.2, 0.25) is 6.35 Å². The van der Waals surface area contributed by atoms with E-state index in [1.165, 1.54) is 31.2 Å². The lowest BCUT2D eigenvalue weighted by Gasteiger charge is -2.25. The van der Waals surface area contributed by atoms with E-state index in [0.717, 1.165) is 16.6 Å². The van der Waals surface area contributed by atoms with E-state index in [4.69, 9.17) is 20.4 Å². The molecule has 0 radical (unpaired) electrons. The average molecular weight is 605 g/mol. The highest BCUT2D eigenvalue weighted by atomic mass is 19.1. The first-order valence-corrected chi connectivity index (χ1v) is 13.1. The molecule has 0 saturated carbocycles. The zero-order valence-corrected chi connectivity index (χ0v) is 23.5. The zero-order valence-electron chi connectivity index (χ0n) is 23.5. The number of nitrogens with one attached hydrogen (secondary N) is 2. The number of oxime groups is 1. The van der Waals surface area contributed by atoms with Crippen molar-refractivity contribution in [3.63, 3.8) is 0 Å². The van der Waals surface area contributed by atoms with Crippen LogP contribution in [0.25, 0.3) is 0 Å². The number of rotatable bonds is 11. The van der Waals surface area contributed by atoms with E-state index in [-0.39, 0.29) is 46.8 Å².